The molecule has 2 aromatic heterocycles. The van der Waals surface area contributed by atoms with Crippen LogP contribution in [0.4, 0.5) is 13.2 Å². The molecule has 3 aromatic rings. The van der Waals surface area contributed by atoms with Crippen LogP contribution < -0.4 is 0 Å². The lowest BCUT2D eigenvalue weighted by atomic mass is 9.90. The standard InChI is InChI=1S/C18H19F3N4O/c1-24-6-2-3-12(8-24)11-4-5-14-13(7-11)15-16(17(26)23-10-22-15)25(14)9-18(19,20)21/h4-5,7,10,12H,2-3,6,8-9H2,1H3,(H,22,23,26)/t12-/m0/s1. The molecule has 0 unspecified atom stereocenters. The third-order valence-corrected chi connectivity index (χ3v) is 5.07. The summed E-state index contributed by atoms with van der Waals surface area (Å²) in [6.45, 7) is 0.789. The zero-order valence-electron chi connectivity index (χ0n) is 14.3. The van der Waals surface area contributed by atoms with Crippen molar-refractivity contribution in [3.05, 3.63) is 30.1 Å². The molecule has 8 heteroatoms. The van der Waals surface area contributed by atoms with Crippen molar-refractivity contribution in [2.75, 3.05) is 20.1 Å². The molecular formula is C18H19F3N4O. The number of fused-ring (bicyclic) bond motifs is 3. The topological polar surface area (TPSA) is 54.2 Å². The van der Waals surface area contributed by atoms with E-state index in [-0.39, 0.29) is 5.52 Å². The third-order valence-electron chi connectivity index (χ3n) is 5.07. The second-order valence-corrected chi connectivity index (χ2v) is 6.97. The minimum absolute atomic E-state index is 0.0257. The average molecular weight is 364 g/mol. The Morgan fingerprint density at radius 3 is 2.81 bits per heavy atom. The van der Waals surface area contributed by atoms with Gasteiger partial charge in [0.25, 0.3) is 0 Å². The van der Waals surface area contributed by atoms with Crippen LogP contribution in [0.25, 0.3) is 21.9 Å². The zero-order chi connectivity index (χ0) is 18.5. The van der Waals surface area contributed by atoms with Crippen LogP contribution in [-0.4, -0.2) is 50.9 Å². The number of likely N-dealkylation sites (N-methyl/N-ethyl adjacent to an activating group) is 1. The molecule has 0 saturated carbocycles. The van der Waals surface area contributed by atoms with Crippen molar-refractivity contribution in [2.45, 2.75) is 31.5 Å². The van der Waals surface area contributed by atoms with Gasteiger partial charge in [-0.15, -0.1) is 0 Å². The highest BCUT2D eigenvalue weighted by molar-refractivity contribution is 6.07. The number of alkyl halides is 3. The fraction of sp³-hybridized carbons (Fsp3) is 0.444. The fourth-order valence-corrected chi connectivity index (χ4v) is 3.95. The summed E-state index contributed by atoms with van der Waals surface area (Å²) in [6, 6.07) is 5.51. The van der Waals surface area contributed by atoms with Crippen molar-refractivity contribution in [2.24, 2.45) is 0 Å². The van der Waals surface area contributed by atoms with E-state index in [0.717, 1.165) is 36.1 Å². The third kappa shape index (κ3) is 2.98. The summed E-state index contributed by atoms with van der Waals surface area (Å²) in [5, 5.41) is 10.7. The number of aromatic hydroxyl groups is 1. The maximum atomic E-state index is 13.1. The number of halogens is 3. The molecular weight excluding hydrogens is 345 g/mol. The molecule has 1 aromatic carbocycles. The van der Waals surface area contributed by atoms with E-state index < -0.39 is 18.6 Å². The summed E-state index contributed by atoms with van der Waals surface area (Å²) >= 11 is 0. The smallest absolute Gasteiger partial charge is 0.406 e. The van der Waals surface area contributed by atoms with E-state index in [1.807, 2.05) is 12.1 Å². The lowest BCUT2D eigenvalue weighted by molar-refractivity contribution is -0.139. The SMILES string of the molecule is CN1CCC[C@H](c2ccc3c(c2)c2ncnc(O)c2n3CC(F)(F)F)C1. The minimum Gasteiger partial charge on any atom is -0.492 e. The van der Waals surface area contributed by atoms with E-state index >= 15 is 0 Å². The quantitative estimate of drug-likeness (QED) is 0.754. The van der Waals surface area contributed by atoms with Crippen LogP contribution in [-0.2, 0) is 6.54 Å². The van der Waals surface area contributed by atoms with Crippen LogP contribution in [0.3, 0.4) is 0 Å². The molecule has 1 fully saturated rings. The number of aromatic nitrogens is 3. The lowest BCUT2D eigenvalue weighted by Gasteiger charge is -2.30. The number of likely N-dealkylation sites (tertiary alicyclic amines) is 1. The summed E-state index contributed by atoms with van der Waals surface area (Å²) in [5.41, 5.74) is 1.87. The Labute approximate surface area is 148 Å². The van der Waals surface area contributed by atoms with E-state index in [0.29, 0.717) is 22.3 Å². The second kappa shape index (κ2) is 6.12. The molecule has 1 atom stereocenters. The largest absolute Gasteiger partial charge is 0.492 e. The molecule has 5 nitrogen and oxygen atoms in total. The van der Waals surface area contributed by atoms with Crippen molar-refractivity contribution in [3.8, 4) is 5.88 Å². The van der Waals surface area contributed by atoms with E-state index in [2.05, 4.69) is 21.9 Å². The lowest BCUT2D eigenvalue weighted by Crippen LogP contribution is -2.30. The van der Waals surface area contributed by atoms with Gasteiger partial charge in [-0.1, -0.05) is 6.07 Å². The van der Waals surface area contributed by atoms with Crippen LogP contribution in [0.2, 0.25) is 0 Å². The summed E-state index contributed by atoms with van der Waals surface area (Å²) < 4.78 is 40.3. The first-order valence-corrected chi connectivity index (χ1v) is 8.54. The summed E-state index contributed by atoms with van der Waals surface area (Å²) in [5.74, 6) is -0.0935. The number of hydrogen-bond donors (Lipinski definition) is 1. The van der Waals surface area contributed by atoms with Crippen LogP contribution in [0, 0.1) is 0 Å². The van der Waals surface area contributed by atoms with Gasteiger partial charge in [0.05, 0.1) is 5.52 Å². The monoisotopic (exact) mass is 364 g/mol. The van der Waals surface area contributed by atoms with E-state index in [9.17, 15) is 18.3 Å². The minimum atomic E-state index is -4.41. The van der Waals surface area contributed by atoms with Gasteiger partial charge in [0.15, 0.2) is 0 Å². The van der Waals surface area contributed by atoms with Crippen LogP contribution >= 0.6 is 0 Å². The van der Waals surface area contributed by atoms with Gasteiger partial charge in [-0.2, -0.15) is 13.2 Å². The van der Waals surface area contributed by atoms with Crippen molar-refractivity contribution in [1.29, 1.82) is 0 Å². The first kappa shape index (κ1) is 17.1. The molecule has 26 heavy (non-hydrogen) atoms. The van der Waals surface area contributed by atoms with E-state index in [4.69, 9.17) is 0 Å². The summed E-state index contributed by atoms with van der Waals surface area (Å²) in [7, 11) is 2.07. The van der Waals surface area contributed by atoms with Crippen molar-refractivity contribution in [1.82, 2.24) is 19.4 Å². The Hall–Kier alpha value is -2.35. The highest BCUT2D eigenvalue weighted by Crippen LogP contribution is 2.36. The van der Waals surface area contributed by atoms with Gasteiger partial charge >= 0.3 is 6.18 Å². The van der Waals surface area contributed by atoms with Gasteiger partial charge < -0.3 is 14.6 Å². The molecule has 1 N–H and O–H groups in total. The molecule has 3 heterocycles. The van der Waals surface area contributed by atoms with E-state index in [1.165, 1.54) is 6.33 Å². The zero-order valence-corrected chi connectivity index (χ0v) is 14.3. The molecule has 1 saturated heterocycles. The predicted molar refractivity (Wildman–Crippen MR) is 92.2 cm³/mol. The number of nitrogens with zero attached hydrogens (tertiary/aromatic N) is 4. The van der Waals surface area contributed by atoms with Gasteiger partial charge in [-0.05, 0) is 50.0 Å². The van der Waals surface area contributed by atoms with Crippen molar-refractivity contribution < 1.29 is 18.3 Å². The molecule has 1 aliphatic heterocycles. The first-order valence-electron chi connectivity index (χ1n) is 8.54. The number of benzene rings is 1. The fourth-order valence-electron chi connectivity index (χ4n) is 3.95. The van der Waals surface area contributed by atoms with Crippen molar-refractivity contribution >= 4 is 21.9 Å². The normalized spacial score (nSPS) is 19.5. The summed E-state index contributed by atoms with van der Waals surface area (Å²) in [6.07, 6.45) is -1.09. The van der Waals surface area contributed by atoms with Gasteiger partial charge in [-0.25, -0.2) is 9.97 Å². The molecule has 0 amide bonds. The number of hydrogen-bond acceptors (Lipinski definition) is 4. The first-order chi connectivity index (χ1) is 12.3. The Morgan fingerprint density at radius 2 is 2.08 bits per heavy atom. The Balaban J connectivity index is 1.90. The van der Waals surface area contributed by atoms with Crippen LogP contribution in [0.15, 0.2) is 24.5 Å². The van der Waals surface area contributed by atoms with Gasteiger partial charge in [0.2, 0.25) is 5.88 Å². The Morgan fingerprint density at radius 1 is 1.27 bits per heavy atom. The molecule has 0 radical (unpaired) electrons. The average Bonchev–Trinajstić information content (AvgIpc) is 2.88. The van der Waals surface area contributed by atoms with Gasteiger partial charge in [-0.3, -0.25) is 0 Å². The Kier molecular flexibility index (Phi) is 4.02. The Bertz CT molecular complexity index is 966. The maximum absolute atomic E-state index is 13.1. The van der Waals surface area contributed by atoms with Crippen LogP contribution in [0.5, 0.6) is 5.88 Å². The van der Waals surface area contributed by atoms with Gasteiger partial charge in [0, 0.05) is 11.9 Å². The second-order valence-electron chi connectivity index (χ2n) is 6.97. The summed E-state index contributed by atoms with van der Waals surface area (Å²) in [4.78, 5) is 10.1. The molecule has 1 aliphatic rings. The highest BCUT2D eigenvalue weighted by atomic mass is 19.4. The van der Waals surface area contributed by atoms with Gasteiger partial charge in [0.1, 0.15) is 23.9 Å². The van der Waals surface area contributed by atoms with Crippen LogP contribution in [0.1, 0.15) is 24.3 Å². The molecule has 0 aliphatic carbocycles. The highest BCUT2D eigenvalue weighted by Gasteiger charge is 2.31. The van der Waals surface area contributed by atoms with E-state index in [1.54, 1.807) is 6.07 Å². The predicted octanol–water partition coefficient (Wildman–Crippen LogP) is 3.66. The molecule has 0 spiro atoms. The van der Waals surface area contributed by atoms with Crippen molar-refractivity contribution in [3.63, 3.8) is 0 Å². The molecule has 0 bridgehead atoms. The maximum Gasteiger partial charge on any atom is 0.406 e. The molecule has 4 rings (SSSR count). The number of rotatable bonds is 2. The molecule has 138 valence electrons. The number of piperidine rings is 1.